The molecule has 2 atom stereocenters. The van der Waals surface area contributed by atoms with Crippen molar-refractivity contribution in [3.05, 3.63) is 65.0 Å². The van der Waals surface area contributed by atoms with Crippen molar-refractivity contribution in [1.29, 1.82) is 0 Å². The van der Waals surface area contributed by atoms with E-state index in [1.54, 1.807) is 0 Å². The van der Waals surface area contributed by atoms with Crippen molar-refractivity contribution in [3.8, 4) is 0 Å². The lowest BCUT2D eigenvalue weighted by atomic mass is 9.73. The molecule has 0 bridgehead atoms. The molecule has 19 heavy (non-hydrogen) atoms. The summed E-state index contributed by atoms with van der Waals surface area (Å²) in [5.41, 5.74) is 11.6. The first-order valence-corrected chi connectivity index (χ1v) is 7.05. The number of rotatable bonds is 4. The molecule has 0 saturated heterocycles. The SMILES string of the molecule is CCc1ccc(CC(N)C2Cc3ccccc32)nc1. The fourth-order valence-electron chi connectivity index (χ4n) is 2.85. The smallest absolute Gasteiger partial charge is 0.0419 e. The third-order valence-electron chi connectivity index (χ3n) is 4.15. The summed E-state index contributed by atoms with van der Waals surface area (Å²) in [5.74, 6) is 0.504. The first kappa shape index (κ1) is 12.4. The summed E-state index contributed by atoms with van der Waals surface area (Å²) in [5, 5.41) is 0. The minimum Gasteiger partial charge on any atom is -0.327 e. The Hall–Kier alpha value is -1.67. The molecular weight excluding hydrogens is 232 g/mol. The molecule has 2 heteroatoms. The maximum atomic E-state index is 6.36. The number of nitrogens with two attached hydrogens (primary N) is 1. The average Bonchev–Trinajstić information content (AvgIpc) is 2.41. The molecule has 2 nitrogen and oxygen atoms in total. The maximum Gasteiger partial charge on any atom is 0.0419 e. The van der Waals surface area contributed by atoms with E-state index in [9.17, 15) is 0 Å². The Morgan fingerprint density at radius 2 is 2.11 bits per heavy atom. The minimum atomic E-state index is 0.176. The van der Waals surface area contributed by atoms with Gasteiger partial charge < -0.3 is 5.73 Å². The summed E-state index contributed by atoms with van der Waals surface area (Å²) in [6.07, 6.45) is 4.99. The highest BCUT2D eigenvalue weighted by Crippen LogP contribution is 2.37. The highest BCUT2D eigenvalue weighted by Gasteiger charge is 2.30. The van der Waals surface area contributed by atoms with Crippen LogP contribution in [0.1, 0.15) is 35.2 Å². The van der Waals surface area contributed by atoms with E-state index in [1.165, 1.54) is 16.7 Å². The van der Waals surface area contributed by atoms with Gasteiger partial charge in [-0.2, -0.15) is 0 Å². The molecule has 1 heterocycles. The lowest BCUT2D eigenvalue weighted by Gasteiger charge is -2.34. The molecule has 1 aliphatic carbocycles. The quantitative estimate of drug-likeness (QED) is 0.908. The Labute approximate surface area is 114 Å². The van der Waals surface area contributed by atoms with Crippen LogP contribution in [0.25, 0.3) is 0 Å². The summed E-state index contributed by atoms with van der Waals surface area (Å²) in [6.45, 7) is 2.15. The van der Waals surface area contributed by atoms with Crippen molar-refractivity contribution in [2.45, 2.75) is 38.1 Å². The number of hydrogen-bond donors (Lipinski definition) is 1. The zero-order chi connectivity index (χ0) is 13.2. The topological polar surface area (TPSA) is 38.9 Å². The zero-order valence-electron chi connectivity index (χ0n) is 11.3. The van der Waals surface area contributed by atoms with Crippen LogP contribution in [0, 0.1) is 0 Å². The second-order valence-corrected chi connectivity index (χ2v) is 5.39. The number of aromatic nitrogens is 1. The second-order valence-electron chi connectivity index (χ2n) is 5.39. The molecule has 1 aliphatic rings. The van der Waals surface area contributed by atoms with Crippen molar-refractivity contribution in [1.82, 2.24) is 4.98 Å². The van der Waals surface area contributed by atoms with Gasteiger partial charge >= 0.3 is 0 Å². The standard InChI is InChI=1S/C17H20N2/c1-2-12-7-8-14(19-11-12)10-17(18)16-9-13-5-3-4-6-15(13)16/h3-8,11,16-17H,2,9-10,18H2,1H3. The molecule has 0 aliphatic heterocycles. The average molecular weight is 252 g/mol. The Kier molecular flexibility index (Phi) is 3.34. The van der Waals surface area contributed by atoms with Crippen LogP contribution in [0.5, 0.6) is 0 Å². The molecule has 0 radical (unpaired) electrons. The van der Waals surface area contributed by atoms with E-state index in [-0.39, 0.29) is 6.04 Å². The van der Waals surface area contributed by atoms with Gasteiger partial charge in [0.05, 0.1) is 0 Å². The molecule has 1 aromatic carbocycles. The largest absolute Gasteiger partial charge is 0.327 e. The zero-order valence-corrected chi connectivity index (χ0v) is 11.3. The molecule has 0 saturated carbocycles. The van der Waals surface area contributed by atoms with E-state index in [1.807, 2.05) is 6.20 Å². The molecule has 0 amide bonds. The summed E-state index contributed by atoms with van der Waals surface area (Å²) < 4.78 is 0. The lowest BCUT2D eigenvalue weighted by molar-refractivity contribution is 0.477. The van der Waals surface area contributed by atoms with E-state index >= 15 is 0 Å². The molecule has 2 unspecified atom stereocenters. The number of nitrogens with zero attached hydrogens (tertiary/aromatic N) is 1. The molecule has 2 aromatic rings. The number of pyridine rings is 1. The van der Waals surface area contributed by atoms with Crippen LogP contribution >= 0.6 is 0 Å². The van der Waals surface area contributed by atoms with Gasteiger partial charge in [-0.15, -0.1) is 0 Å². The fourth-order valence-corrected chi connectivity index (χ4v) is 2.85. The van der Waals surface area contributed by atoms with E-state index < -0.39 is 0 Å². The van der Waals surface area contributed by atoms with Crippen LogP contribution in [-0.2, 0) is 19.3 Å². The Morgan fingerprint density at radius 3 is 2.79 bits per heavy atom. The molecule has 2 N–H and O–H groups in total. The molecule has 98 valence electrons. The van der Waals surface area contributed by atoms with Crippen molar-refractivity contribution in [2.75, 3.05) is 0 Å². The number of fused-ring (bicyclic) bond motifs is 1. The summed E-state index contributed by atoms with van der Waals surface area (Å²) in [6, 6.07) is 13.1. The summed E-state index contributed by atoms with van der Waals surface area (Å²) >= 11 is 0. The van der Waals surface area contributed by atoms with Crippen LogP contribution in [0.3, 0.4) is 0 Å². The molecule has 0 spiro atoms. The highest BCUT2D eigenvalue weighted by molar-refractivity contribution is 5.41. The minimum absolute atomic E-state index is 0.176. The Balaban J connectivity index is 1.67. The normalized spacial score (nSPS) is 18.5. The van der Waals surface area contributed by atoms with Crippen LogP contribution in [-0.4, -0.2) is 11.0 Å². The second kappa shape index (κ2) is 5.14. The predicted octanol–water partition coefficient (Wildman–Crippen LogP) is 2.85. The maximum absolute atomic E-state index is 6.36. The van der Waals surface area contributed by atoms with Crippen LogP contribution < -0.4 is 5.73 Å². The lowest BCUT2D eigenvalue weighted by Crippen LogP contribution is -2.37. The number of aryl methyl sites for hydroxylation is 1. The highest BCUT2D eigenvalue weighted by atomic mass is 14.7. The fraction of sp³-hybridized carbons (Fsp3) is 0.353. The van der Waals surface area contributed by atoms with Crippen molar-refractivity contribution in [3.63, 3.8) is 0 Å². The number of hydrogen-bond acceptors (Lipinski definition) is 2. The molecule has 0 fully saturated rings. The van der Waals surface area contributed by atoms with Gasteiger partial charge in [0.15, 0.2) is 0 Å². The van der Waals surface area contributed by atoms with E-state index in [0.717, 1.165) is 25.0 Å². The van der Waals surface area contributed by atoms with Crippen LogP contribution in [0.2, 0.25) is 0 Å². The number of benzene rings is 1. The van der Waals surface area contributed by atoms with E-state index in [0.29, 0.717) is 5.92 Å². The monoisotopic (exact) mass is 252 g/mol. The van der Waals surface area contributed by atoms with Crippen LogP contribution in [0.4, 0.5) is 0 Å². The van der Waals surface area contributed by atoms with Crippen LogP contribution in [0.15, 0.2) is 42.6 Å². The van der Waals surface area contributed by atoms with E-state index in [4.69, 9.17) is 5.73 Å². The third kappa shape index (κ3) is 2.41. The van der Waals surface area contributed by atoms with Gasteiger partial charge in [0.1, 0.15) is 0 Å². The van der Waals surface area contributed by atoms with Crippen molar-refractivity contribution < 1.29 is 0 Å². The third-order valence-corrected chi connectivity index (χ3v) is 4.15. The van der Waals surface area contributed by atoms with Gasteiger partial charge in [0.2, 0.25) is 0 Å². The van der Waals surface area contributed by atoms with Gasteiger partial charge in [0.25, 0.3) is 0 Å². The van der Waals surface area contributed by atoms with Crippen molar-refractivity contribution in [2.24, 2.45) is 5.73 Å². The first-order valence-electron chi connectivity index (χ1n) is 7.05. The summed E-state index contributed by atoms with van der Waals surface area (Å²) in [4.78, 5) is 4.51. The van der Waals surface area contributed by atoms with Gasteiger partial charge in [-0.1, -0.05) is 37.3 Å². The predicted molar refractivity (Wildman–Crippen MR) is 78.2 cm³/mol. The Bertz CT molecular complexity index is 560. The summed E-state index contributed by atoms with van der Waals surface area (Å²) in [7, 11) is 0. The first-order chi connectivity index (χ1) is 9.28. The van der Waals surface area contributed by atoms with Gasteiger partial charge in [-0.05, 0) is 35.6 Å². The van der Waals surface area contributed by atoms with E-state index in [2.05, 4.69) is 48.3 Å². The molecule has 1 aromatic heterocycles. The van der Waals surface area contributed by atoms with Crippen molar-refractivity contribution >= 4 is 0 Å². The van der Waals surface area contributed by atoms with Gasteiger partial charge in [-0.3, -0.25) is 4.98 Å². The van der Waals surface area contributed by atoms with Gasteiger partial charge in [-0.25, -0.2) is 0 Å². The van der Waals surface area contributed by atoms with Gasteiger partial charge in [0, 0.05) is 30.3 Å². The Morgan fingerprint density at radius 1 is 1.26 bits per heavy atom. The molecule has 3 rings (SSSR count). The molecular formula is C17H20N2.